The van der Waals surface area contributed by atoms with Gasteiger partial charge in [0.05, 0.1) is 29.7 Å². The topological polar surface area (TPSA) is 371 Å². The van der Waals surface area contributed by atoms with E-state index in [-0.39, 0.29) is 115 Å². The summed E-state index contributed by atoms with van der Waals surface area (Å²) in [5.41, 5.74) is 2.75. The van der Waals surface area contributed by atoms with Crippen molar-refractivity contribution in [1.29, 1.82) is 0 Å². The Hall–Kier alpha value is -7.70. The molecule has 12 rings (SSSR count). The molecule has 4 heterocycles. The molecule has 0 bridgehead atoms. The van der Waals surface area contributed by atoms with E-state index in [1.54, 1.807) is 30.3 Å². The summed E-state index contributed by atoms with van der Waals surface area (Å²) in [4.78, 5) is 48.7. The Morgan fingerprint density at radius 3 is 1.14 bits per heavy atom. The highest BCUT2D eigenvalue weighted by Gasteiger charge is 2.39. The predicted molar refractivity (Wildman–Crippen MR) is 449 cm³/mol. The summed E-state index contributed by atoms with van der Waals surface area (Å²) in [5, 5.41) is 53.0. The number of likely N-dealkylation sites (N-methyl/N-ethyl adjacent to an activating group) is 2. The Labute approximate surface area is 703 Å². The van der Waals surface area contributed by atoms with Crippen molar-refractivity contribution in [2.24, 2.45) is 0 Å². The zero-order valence-electron chi connectivity index (χ0n) is 64.8. The minimum atomic E-state index is -4.07. The molecule has 40 heteroatoms. The zero-order chi connectivity index (χ0) is 85.1. The fourth-order valence-electron chi connectivity index (χ4n) is 12.9. The second-order valence-corrected chi connectivity index (χ2v) is 39.4. The van der Waals surface area contributed by atoms with Crippen LogP contribution < -0.4 is 20.1 Å². The van der Waals surface area contributed by atoms with Gasteiger partial charge in [-0.2, -0.15) is 17.2 Å². The molecule has 0 amide bonds. The summed E-state index contributed by atoms with van der Waals surface area (Å²) in [6, 6.07) is 35.8. The van der Waals surface area contributed by atoms with E-state index in [0.717, 1.165) is 70.2 Å². The van der Waals surface area contributed by atoms with Crippen LogP contribution in [-0.2, 0) is 40.1 Å². The third-order valence-corrected chi connectivity index (χ3v) is 30.4. The summed E-state index contributed by atoms with van der Waals surface area (Å²) >= 11 is 26.8. The first-order valence-electron chi connectivity index (χ1n) is 36.5. The van der Waals surface area contributed by atoms with E-state index in [1.165, 1.54) is 89.6 Å². The number of nitro benzene ring substituents is 4. The van der Waals surface area contributed by atoms with Gasteiger partial charge in [0.2, 0.25) is 40.1 Å². The van der Waals surface area contributed by atoms with E-state index in [4.69, 9.17) is 55.9 Å². The van der Waals surface area contributed by atoms with E-state index in [9.17, 15) is 74.1 Å². The van der Waals surface area contributed by atoms with Crippen molar-refractivity contribution in [3.8, 4) is 23.0 Å². The number of benzene rings is 8. The fraction of sp³-hybridized carbons (Fsp3) is 0.368. The maximum atomic E-state index is 13.4. The van der Waals surface area contributed by atoms with E-state index in [2.05, 4.69) is 20.4 Å². The summed E-state index contributed by atoms with van der Waals surface area (Å²) in [7, 11) is -15.8. The maximum Gasteiger partial charge on any atom is 0.271 e. The summed E-state index contributed by atoms with van der Waals surface area (Å²) in [5.74, 6) is 0.679. The number of ether oxygens (including phenoxy) is 2. The van der Waals surface area contributed by atoms with Crippen molar-refractivity contribution in [3.63, 3.8) is 0 Å². The van der Waals surface area contributed by atoms with E-state index < -0.39 is 59.8 Å². The number of aryl methyl sites for hydroxylation is 4. The van der Waals surface area contributed by atoms with Crippen LogP contribution >= 0.6 is 69.9 Å². The van der Waals surface area contributed by atoms with Gasteiger partial charge < -0.3 is 29.9 Å². The van der Waals surface area contributed by atoms with Gasteiger partial charge in [0.1, 0.15) is 42.6 Å². The van der Waals surface area contributed by atoms with Crippen molar-refractivity contribution in [3.05, 3.63) is 228 Å². The van der Waals surface area contributed by atoms with Crippen LogP contribution in [0.15, 0.2) is 185 Å². The van der Waals surface area contributed by atoms with Crippen molar-refractivity contribution in [1.82, 2.24) is 37.7 Å². The summed E-state index contributed by atoms with van der Waals surface area (Å²) in [6.07, 6.45) is 0. The van der Waals surface area contributed by atoms with Gasteiger partial charge in [-0.25, -0.2) is 33.7 Å². The van der Waals surface area contributed by atoms with Crippen LogP contribution in [0.4, 0.5) is 22.7 Å². The lowest BCUT2D eigenvalue weighted by atomic mass is 10.1. The number of piperazine rings is 4. The van der Waals surface area contributed by atoms with E-state index >= 15 is 0 Å². The average Bonchev–Trinajstić information content (AvgIpc) is 0.784. The molecule has 0 spiro atoms. The highest BCUT2D eigenvalue weighted by molar-refractivity contribution is 8.00. The highest BCUT2D eigenvalue weighted by atomic mass is 35.5. The lowest BCUT2D eigenvalue weighted by Crippen LogP contribution is -2.55. The average molecular weight is 1790 g/mol. The third kappa shape index (κ3) is 23.4. The Kier molecular flexibility index (Phi) is 31.7. The summed E-state index contributed by atoms with van der Waals surface area (Å²) in [6.45, 7) is 26.0. The molecule has 0 radical (unpaired) electrons. The lowest BCUT2D eigenvalue weighted by molar-refractivity contribution is -0.385. The largest absolute Gasteiger partial charge is 0.456 e. The molecule has 8 aromatic carbocycles. The standard InChI is InChI=1S/C20H25N3O5S.C20H25N3O4S2.C18H19Cl2N3O5S.C18H19Cl2N3O4S2/c2*1-4-21-9-11-22(12-10-21)29(26,27)20-14-17(23(24)25)7-8-18(20)28-19-13-15(2)5-6-16(19)3;2*1-11-9-22(10-12(2)21-11)29(26,27)18-8-14(23(24)25)4-6-16(18)28-17-7-13(19)3-5-15(17)20/h2*5-8,13-14H,4,9-12H2,1-3H3;2*3-8,11-12,21H,9-10H2,1-2H3. The van der Waals surface area contributed by atoms with Gasteiger partial charge >= 0.3 is 0 Å². The van der Waals surface area contributed by atoms with Crippen LogP contribution in [0, 0.1) is 68.2 Å². The van der Waals surface area contributed by atoms with Gasteiger partial charge in [-0.05, 0) is 157 Å². The molecule has 0 saturated carbocycles. The normalized spacial score (nSPS) is 18.3. The monoisotopic (exact) mass is 1790 g/mol. The molecular weight excluding hydrogens is 1700 g/mol. The number of sulfonamides is 4. The first-order valence-corrected chi connectivity index (χ1v) is 45.4. The van der Waals surface area contributed by atoms with Crippen molar-refractivity contribution < 1.29 is 62.8 Å². The second kappa shape index (κ2) is 39.9. The number of non-ortho nitro benzene ring substituents is 4. The SMILES string of the molecule is CC1CN(S(=O)(=O)c2cc([N+](=O)[O-])ccc2Oc2cc(Cl)ccc2Cl)CC(C)N1.CC1CN(S(=O)(=O)c2cc([N+](=O)[O-])ccc2Sc2cc(Cl)ccc2Cl)CC(C)N1.CCN1CCN(S(=O)(=O)c2cc([N+](=O)[O-])ccc2Oc2cc(C)ccc2C)CC1.CCN1CCN(S(=O)(=O)c2cc([N+](=O)[O-])ccc2Sc2cc(C)ccc2C)CC1. The Morgan fingerprint density at radius 2 is 0.716 bits per heavy atom. The van der Waals surface area contributed by atoms with Crippen LogP contribution in [-0.4, -0.2) is 196 Å². The van der Waals surface area contributed by atoms with Crippen molar-refractivity contribution >= 4 is 133 Å². The molecule has 4 saturated heterocycles. The Bertz CT molecular complexity index is 5110. The lowest BCUT2D eigenvalue weighted by Gasteiger charge is -2.35. The molecule has 4 atom stereocenters. The minimum absolute atomic E-state index is 0.00237. The van der Waals surface area contributed by atoms with Crippen LogP contribution in [0.3, 0.4) is 0 Å². The number of halogens is 4. The first kappa shape index (κ1) is 92.2. The number of hydrogen-bond donors (Lipinski definition) is 2. The molecule has 4 aliphatic heterocycles. The number of nitrogens with one attached hydrogen (secondary N) is 2. The molecule has 4 fully saturated rings. The quantitative estimate of drug-likeness (QED) is 0.0470. The molecular formula is C76H88Cl4N12O18S6. The molecule has 30 nitrogen and oxygen atoms in total. The molecule has 2 N–H and O–H groups in total. The van der Waals surface area contributed by atoms with Crippen LogP contribution in [0.2, 0.25) is 20.1 Å². The van der Waals surface area contributed by atoms with Gasteiger partial charge in [-0.3, -0.25) is 40.5 Å². The van der Waals surface area contributed by atoms with E-state index in [0.29, 0.717) is 87.9 Å². The molecule has 4 unspecified atom stereocenters. The van der Waals surface area contributed by atoms with Gasteiger partial charge in [-0.15, -0.1) is 0 Å². The van der Waals surface area contributed by atoms with Gasteiger partial charge in [-0.1, -0.05) is 108 Å². The molecule has 8 aromatic rings. The van der Waals surface area contributed by atoms with Gasteiger partial charge in [0.25, 0.3) is 22.7 Å². The highest BCUT2D eigenvalue weighted by Crippen LogP contribution is 2.44. The predicted octanol–water partition coefficient (Wildman–Crippen LogP) is 15.5. The summed E-state index contributed by atoms with van der Waals surface area (Å²) < 4.78 is 124. The Morgan fingerprint density at radius 1 is 0.371 bits per heavy atom. The Balaban J connectivity index is 0.000000177. The first-order chi connectivity index (χ1) is 54.6. The van der Waals surface area contributed by atoms with Crippen molar-refractivity contribution in [2.75, 3.05) is 91.6 Å². The van der Waals surface area contributed by atoms with Crippen LogP contribution in [0.1, 0.15) is 63.8 Å². The van der Waals surface area contributed by atoms with Gasteiger partial charge in [0.15, 0.2) is 0 Å². The number of hydrogen-bond acceptors (Lipinski definition) is 24. The molecule has 0 aliphatic carbocycles. The van der Waals surface area contributed by atoms with Crippen LogP contribution in [0.25, 0.3) is 0 Å². The molecule has 0 aromatic heterocycles. The smallest absolute Gasteiger partial charge is 0.271 e. The van der Waals surface area contributed by atoms with Gasteiger partial charge in [0, 0.05) is 187 Å². The minimum Gasteiger partial charge on any atom is -0.456 e. The second-order valence-electron chi connectivity index (χ2n) is 27.9. The van der Waals surface area contributed by atoms with Crippen LogP contribution in [0.5, 0.6) is 23.0 Å². The number of nitro groups is 4. The number of nitrogens with zero attached hydrogens (tertiary/aromatic N) is 10. The molecule has 4 aliphatic rings. The molecule has 624 valence electrons. The maximum absolute atomic E-state index is 13.4. The van der Waals surface area contributed by atoms with Crippen molar-refractivity contribution in [2.45, 2.75) is 133 Å². The van der Waals surface area contributed by atoms with E-state index in [1.807, 2.05) is 106 Å². The third-order valence-electron chi connectivity index (χ3n) is 19.0. The number of rotatable bonds is 22. The fourth-order valence-corrected chi connectivity index (χ4v) is 23.0. The molecule has 116 heavy (non-hydrogen) atoms. The zero-order valence-corrected chi connectivity index (χ0v) is 72.8.